The van der Waals surface area contributed by atoms with Crippen molar-refractivity contribution < 1.29 is 9.47 Å². The molecule has 0 atom stereocenters. The third kappa shape index (κ3) is 3.78. The molecule has 0 aliphatic rings. The first kappa shape index (κ1) is 17.7. The summed E-state index contributed by atoms with van der Waals surface area (Å²) in [5.41, 5.74) is 2.32. The molecule has 0 saturated carbocycles. The molecule has 0 unspecified atom stereocenters. The number of allylic oxidation sites excluding steroid dienone is 1. The largest absolute Gasteiger partial charge is 0.492 e. The van der Waals surface area contributed by atoms with E-state index in [4.69, 9.17) is 9.47 Å². The third-order valence-electron chi connectivity index (χ3n) is 3.49. The molecule has 2 aromatic carbocycles. The maximum atomic E-state index is 9.60. The molecule has 0 saturated heterocycles. The molecule has 0 bridgehead atoms. The van der Waals surface area contributed by atoms with Crippen LogP contribution in [0.5, 0.6) is 11.5 Å². The standard InChI is InChI=1S/C19H15IN2O2S/c1-3-24-16-10-12(9-14(20)18(16)23-2)8-13(11-21)19-22-15-6-4-5-7-17(15)25-19/h4-10H,3H2,1-2H3. The van der Waals surface area contributed by atoms with Gasteiger partial charge in [0.15, 0.2) is 11.5 Å². The van der Waals surface area contributed by atoms with E-state index in [2.05, 4.69) is 33.6 Å². The number of nitrogens with zero attached hydrogens (tertiary/aromatic N) is 2. The average molecular weight is 462 g/mol. The highest BCUT2D eigenvalue weighted by molar-refractivity contribution is 14.1. The number of hydrogen-bond acceptors (Lipinski definition) is 5. The lowest BCUT2D eigenvalue weighted by atomic mass is 10.1. The molecule has 0 fully saturated rings. The van der Waals surface area contributed by atoms with Gasteiger partial charge in [0.2, 0.25) is 0 Å². The number of hydrogen-bond donors (Lipinski definition) is 0. The summed E-state index contributed by atoms with van der Waals surface area (Å²) in [6.45, 7) is 2.47. The van der Waals surface area contributed by atoms with E-state index in [1.54, 1.807) is 7.11 Å². The van der Waals surface area contributed by atoms with Gasteiger partial charge in [0, 0.05) is 0 Å². The van der Waals surface area contributed by atoms with Gasteiger partial charge in [-0.2, -0.15) is 5.26 Å². The second-order valence-corrected chi connectivity index (χ2v) is 7.32. The van der Waals surface area contributed by atoms with Crippen molar-refractivity contribution in [2.24, 2.45) is 0 Å². The van der Waals surface area contributed by atoms with Gasteiger partial charge in [0.25, 0.3) is 0 Å². The predicted octanol–water partition coefficient (Wildman–Crippen LogP) is 5.37. The minimum atomic E-state index is 0.532. The van der Waals surface area contributed by atoms with Gasteiger partial charge in [-0.05, 0) is 65.4 Å². The Balaban J connectivity index is 2.06. The fraction of sp³-hybridized carbons (Fsp3) is 0.158. The number of rotatable bonds is 5. The number of ether oxygens (including phenoxy) is 2. The Hall–Kier alpha value is -2.11. The Labute approximate surface area is 163 Å². The van der Waals surface area contributed by atoms with Gasteiger partial charge in [-0.25, -0.2) is 4.98 Å². The molecular weight excluding hydrogens is 447 g/mol. The zero-order valence-corrected chi connectivity index (χ0v) is 16.7. The Morgan fingerprint density at radius 3 is 2.84 bits per heavy atom. The fourth-order valence-corrected chi connectivity index (χ4v) is 4.21. The first-order valence-electron chi connectivity index (χ1n) is 7.64. The van der Waals surface area contributed by atoms with Crippen LogP contribution in [0.15, 0.2) is 36.4 Å². The molecule has 4 nitrogen and oxygen atoms in total. The van der Waals surface area contributed by atoms with Gasteiger partial charge < -0.3 is 9.47 Å². The molecule has 0 radical (unpaired) electrons. The maximum absolute atomic E-state index is 9.60. The molecule has 25 heavy (non-hydrogen) atoms. The van der Waals surface area contributed by atoms with Gasteiger partial charge in [0.1, 0.15) is 11.1 Å². The highest BCUT2D eigenvalue weighted by Gasteiger charge is 2.13. The van der Waals surface area contributed by atoms with E-state index in [1.165, 1.54) is 11.3 Å². The van der Waals surface area contributed by atoms with Crippen LogP contribution >= 0.6 is 33.9 Å². The Morgan fingerprint density at radius 1 is 1.36 bits per heavy atom. The van der Waals surface area contributed by atoms with Crippen molar-refractivity contribution in [1.82, 2.24) is 4.98 Å². The van der Waals surface area contributed by atoms with Crippen LogP contribution < -0.4 is 9.47 Å². The van der Waals surface area contributed by atoms with Crippen LogP contribution in [-0.2, 0) is 0 Å². The first-order valence-corrected chi connectivity index (χ1v) is 9.53. The number of thiazole rings is 1. The summed E-state index contributed by atoms with van der Waals surface area (Å²) in [5, 5.41) is 10.3. The van der Waals surface area contributed by atoms with E-state index in [9.17, 15) is 5.26 Å². The highest BCUT2D eigenvalue weighted by Crippen LogP contribution is 2.35. The molecule has 3 aromatic rings. The maximum Gasteiger partial charge on any atom is 0.174 e. The zero-order chi connectivity index (χ0) is 17.8. The van der Waals surface area contributed by atoms with Crippen LogP contribution in [0.1, 0.15) is 17.5 Å². The van der Waals surface area contributed by atoms with E-state index in [0.29, 0.717) is 28.7 Å². The summed E-state index contributed by atoms with van der Waals surface area (Å²) < 4.78 is 13.1. The number of para-hydroxylation sites is 1. The van der Waals surface area contributed by atoms with Crippen molar-refractivity contribution in [1.29, 1.82) is 5.26 Å². The SMILES string of the molecule is CCOc1cc(C=C(C#N)c2nc3ccccc3s2)cc(I)c1OC. The molecule has 0 aliphatic carbocycles. The smallest absolute Gasteiger partial charge is 0.174 e. The van der Waals surface area contributed by atoms with Gasteiger partial charge in [0.05, 0.1) is 33.1 Å². The normalized spacial score (nSPS) is 11.4. The molecule has 1 heterocycles. The summed E-state index contributed by atoms with van der Waals surface area (Å²) in [4.78, 5) is 4.56. The van der Waals surface area contributed by atoms with Crippen LogP contribution in [0, 0.1) is 14.9 Å². The molecular formula is C19H15IN2O2S. The van der Waals surface area contributed by atoms with E-state index < -0.39 is 0 Å². The van der Waals surface area contributed by atoms with E-state index in [0.717, 1.165) is 19.4 Å². The number of methoxy groups -OCH3 is 1. The molecule has 0 N–H and O–H groups in total. The van der Waals surface area contributed by atoms with E-state index in [1.807, 2.05) is 49.4 Å². The minimum Gasteiger partial charge on any atom is -0.492 e. The van der Waals surface area contributed by atoms with E-state index >= 15 is 0 Å². The molecule has 3 rings (SSSR count). The van der Waals surface area contributed by atoms with Crippen LogP contribution in [0.4, 0.5) is 0 Å². The average Bonchev–Trinajstić information content (AvgIpc) is 3.03. The van der Waals surface area contributed by atoms with Gasteiger partial charge in [-0.1, -0.05) is 12.1 Å². The number of fused-ring (bicyclic) bond motifs is 1. The molecule has 126 valence electrons. The zero-order valence-electron chi connectivity index (χ0n) is 13.7. The van der Waals surface area contributed by atoms with Crippen LogP contribution in [0.25, 0.3) is 21.9 Å². The lowest BCUT2D eigenvalue weighted by molar-refractivity contribution is 0.309. The summed E-state index contributed by atoms with van der Waals surface area (Å²) >= 11 is 3.72. The number of halogens is 1. The predicted molar refractivity (Wildman–Crippen MR) is 110 cm³/mol. The molecule has 0 aliphatic heterocycles. The quantitative estimate of drug-likeness (QED) is 0.378. The number of aromatic nitrogens is 1. The summed E-state index contributed by atoms with van der Waals surface area (Å²) in [7, 11) is 1.62. The molecule has 0 amide bonds. The molecule has 0 spiro atoms. The Morgan fingerprint density at radius 2 is 2.16 bits per heavy atom. The van der Waals surface area contributed by atoms with E-state index in [-0.39, 0.29) is 0 Å². The number of nitriles is 1. The minimum absolute atomic E-state index is 0.532. The Kier molecular flexibility index (Phi) is 5.56. The lowest BCUT2D eigenvalue weighted by Crippen LogP contribution is -1.98. The van der Waals surface area contributed by atoms with Crippen molar-refractivity contribution in [3.63, 3.8) is 0 Å². The van der Waals surface area contributed by atoms with Crippen LogP contribution in [-0.4, -0.2) is 18.7 Å². The highest BCUT2D eigenvalue weighted by atomic mass is 127. The second kappa shape index (κ2) is 7.85. The summed E-state index contributed by atoms with van der Waals surface area (Å²) in [6.07, 6.45) is 1.84. The van der Waals surface area contributed by atoms with Gasteiger partial charge >= 0.3 is 0 Å². The van der Waals surface area contributed by atoms with Gasteiger partial charge in [-0.3, -0.25) is 0 Å². The summed E-state index contributed by atoms with van der Waals surface area (Å²) in [5.74, 6) is 1.38. The van der Waals surface area contributed by atoms with Crippen LogP contribution in [0.2, 0.25) is 0 Å². The number of benzene rings is 2. The van der Waals surface area contributed by atoms with Crippen molar-refractivity contribution in [2.45, 2.75) is 6.92 Å². The second-order valence-electron chi connectivity index (χ2n) is 5.12. The third-order valence-corrected chi connectivity index (χ3v) is 5.36. The fourth-order valence-electron chi connectivity index (χ4n) is 2.43. The summed E-state index contributed by atoms with van der Waals surface area (Å²) in [6, 6.07) is 14.0. The molecule has 6 heteroatoms. The van der Waals surface area contributed by atoms with Crippen LogP contribution in [0.3, 0.4) is 0 Å². The van der Waals surface area contributed by atoms with Crippen molar-refractivity contribution in [2.75, 3.05) is 13.7 Å². The van der Waals surface area contributed by atoms with Crippen molar-refractivity contribution >= 4 is 55.8 Å². The topological polar surface area (TPSA) is 55.1 Å². The lowest BCUT2D eigenvalue weighted by Gasteiger charge is -2.12. The first-order chi connectivity index (χ1) is 12.2. The monoisotopic (exact) mass is 462 g/mol. The van der Waals surface area contributed by atoms with Crippen molar-refractivity contribution in [3.8, 4) is 17.6 Å². The van der Waals surface area contributed by atoms with Crippen molar-refractivity contribution in [3.05, 3.63) is 50.5 Å². The Bertz CT molecular complexity index is 956. The molecule has 1 aromatic heterocycles. The van der Waals surface area contributed by atoms with Gasteiger partial charge in [-0.15, -0.1) is 11.3 Å².